The minimum Gasteiger partial charge on any atom is -0.378 e. The molecule has 1 aliphatic rings. The molecule has 0 bridgehead atoms. The van der Waals surface area contributed by atoms with E-state index >= 15 is 0 Å². The molecule has 0 saturated heterocycles. The van der Waals surface area contributed by atoms with E-state index in [9.17, 15) is 4.39 Å². The monoisotopic (exact) mass is 303 g/mol. The molecule has 17 heavy (non-hydrogen) atoms. The first-order chi connectivity index (χ1) is 7.61. The Morgan fingerprint density at radius 1 is 1.29 bits per heavy atom. The van der Waals surface area contributed by atoms with E-state index in [0.717, 1.165) is 11.3 Å². The number of nitrogens with zero attached hydrogens (tertiary/aromatic N) is 1. The number of allylic oxidation sites excluding steroid dienone is 3. The maximum Gasteiger partial charge on any atom is 0.0781 e. The average molecular weight is 303 g/mol. The van der Waals surface area contributed by atoms with Gasteiger partial charge in [0.1, 0.15) is 0 Å². The molecule has 1 aliphatic heterocycles. The molecular weight excluding hydrogens is 290 g/mol. The Balaban J connectivity index is 0.00000144. The zero-order valence-electron chi connectivity index (χ0n) is 10.00. The van der Waals surface area contributed by atoms with Crippen LogP contribution < -0.4 is 0 Å². The number of benzene rings is 1. The van der Waals surface area contributed by atoms with E-state index in [1.807, 2.05) is 31.0 Å². The predicted molar refractivity (Wildman–Crippen MR) is 63.7 cm³/mol. The zero-order chi connectivity index (χ0) is 11.7. The fraction of sp³-hybridized carbons (Fsp3) is 0.143. The summed E-state index contributed by atoms with van der Waals surface area (Å²) in [7, 11) is 1.87. The van der Waals surface area contributed by atoms with Crippen LogP contribution in [-0.4, -0.2) is 11.9 Å². The molecule has 1 heterocycles. The molecule has 0 amide bonds. The first-order valence-electron chi connectivity index (χ1n) is 5.09. The second-order valence-electron chi connectivity index (χ2n) is 3.81. The van der Waals surface area contributed by atoms with Gasteiger partial charge in [0.2, 0.25) is 0 Å². The van der Waals surface area contributed by atoms with Gasteiger partial charge in [0.05, 0.1) is 5.82 Å². The van der Waals surface area contributed by atoms with Gasteiger partial charge in [-0.25, -0.2) is 4.39 Å². The average Bonchev–Trinajstić information content (AvgIpc) is 2.28. The van der Waals surface area contributed by atoms with Crippen LogP contribution in [0, 0.1) is 11.9 Å². The molecule has 0 unspecified atom stereocenters. The van der Waals surface area contributed by atoms with E-state index in [1.54, 1.807) is 12.1 Å². The number of halogens is 1. The van der Waals surface area contributed by atoms with Gasteiger partial charge < -0.3 is 4.90 Å². The van der Waals surface area contributed by atoms with Crippen LogP contribution in [0.2, 0.25) is 0 Å². The van der Waals surface area contributed by atoms with Gasteiger partial charge in [-0.3, -0.25) is 0 Å². The summed E-state index contributed by atoms with van der Waals surface area (Å²) in [5, 5.41) is 0. The third-order valence-corrected chi connectivity index (χ3v) is 2.75. The smallest absolute Gasteiger partial charge is 0.0781 e. The third-order valence-electron chi connectivity index (χ3n) is 2.75. The Hall–Kier alpha value is -0.726. The molecule has 1 aromatic rings. The van der Waals surface area contributed by atoms with Crippen LogP contribution in [0.15, 0.2) is 48.2 Å². The van der Waals surface area contributed by atoms with Crippen molar-refractivity contribution in [2.24, 2.45) is 0 Å². The molecule has 1 nitrogen and oxygen atoms in total. The van der Waals surface area contributed by atoms with Gasteiger partial charge in [-0.1, -0.05) is 36.9 Å². The summed E-state index contributed by atoms with van der Waals surface area (Å²) in [6.07, 6.45) is 4.92. The van der Waals surface area contributed by atoms with Gasteiger partial charge in [-0.2, -0.15) is 12.2 Å². The number of hydrogen-bond acceptors (Lipinski definition) is 1. The van der Waals surface area contributed by atoms with Crippen molar-refractivity contribution in [3.8, 4) is 0 Å². The second kappa shape index (κ2) is 5.75. The van der Waals surface area contributed by atoms with Crippen molar-refractivity contribution in [1.82, 2.24) is 4.90 Å². The summed E-state index contributed by atoms with van der Waals surface area (Å²) in [6.45, 7) is 5.92. The minimum atomic E-state index is -0.238. The van der Waals surface area contributed by atoms with Gasteiger partial charge >= 0.3 is 0 Å². The molecule has 1 radical (unpaired) electrons. The SMILES string of the molecule is C=C1C(C)=C[C-]=C(c2ccccc2F)N1C.[Y]. The van der Waals surface area contributed by atoms with Crippen molar-refractivity contribution in [2.75, 3.05) is 7.05 Å². The number of hydrogen-bond donors (Lipinski definition) is 0. The molecular formula is C14H13FNY-. The van der Waals surface area contributed by atoms with Gasteiger partial charge in [0.25, 0.3) is 0 Å². The molecule has 0 N–H and O–H groups in total. The van der Waals surface area contributed by atoms with E-state index in [0.29, 0.717) is 11.3 Å². The summed E-state index contributed by atoms with van der Waals surface area (Å²) in [4.78, 5) is 1.85. The first kappa shape index (κ1) is 14.3. The predicted octanol–water partition coefficient (Wildman–Crippen LogP) is 3.37. The van der Waals surface area contributed by atoms with Crippen LogP contribution >= 0.6 is 0 Å². The van der Waals surface area contributed by atoms with Crippen LogP contribution in [0.5, 0.6) is 0 Å². The van der Waals surface area contributed by atoms with E-state index < -0.39 is 0 Å². The maximum absolute atomic E-state index is 13.6. The summed E-state index contributed by atoms with van der Waals surface area (Å²) in [5.74, 6) is -0.238. The minimum absolute atomic E-state index is 0. The van der Waals surface area contributed by atoms with Crippen molar-refractivity contribution >= 4 is 5.70 Å². The van der Waals surface area contributed by atoms with Crippen LogP contribution in [-0.2, 0) is 32.7 Å². The summed E-state index contributed by atoms with van der Waals surface area (Å²) in [5.41, 5.74) is 3.18. The molecule has 0 spiro atoms. The quantitative estimate of drug-likeness (QED) is 0.719. The van der Waals surface area contributed by atoms with Crippen molar-refractivity contribution in [3.63, 3.8) is 0 Å². The van der Waals surface area contributed by atoms with E-state index in [1.165, 1.54) is 6.07 Å². The largest absolute Gasteiger partial charge is 0.378 e. The van der Waals surface area contributed by atoms with Crippen LogP contribution in [0.3, 0.4) is 0 Å². The molecule has 0 atom stereocenters. The second-order valence-corrected chi connectivity index (χ2v) is 3.81. The van der Waals surface area contributed by atoms with Gasteiger partial charge in [-0.15, -0.1) is 11.6 Å². The van der Waals surface area contributed by atoms with Crippen molar-refractivity contribution in [1.29, 1.82) is 0 Å². The first-order valence-corrected chi connectivity index (χ1v) is 5.09. The van der Waals surface area contributed by atoms with E-state index in [2.05, 4.69) is 12.7 Å². The van der Waals surface area contributed by atoms with Gasteiger partial charge in [-0.05, 0) is 11.8 Å². The van der Waals surface area contributed by atoms with E-state index in [4.69, 9.17) is 0 Å². The molecule has 85 valence electrons. The molecule has 2 rings (SSSR count). The van der Waals surface area contributed by atoms with Crippen LogP contribution in [0.1, 0.15) is 12.5 Å². The molecule has 0 fully saturated rings. The Bertz CT molecular complexity index is 503. The molecule has 1 aromatic carbocycles. The van der Waals surface area contributed by atoms with Crippen molar-refractivity contribution in [2.45, 2.75) is 6.92 Å². The molecule has 0 aromatic heterocycles. The topological polar surface area (TPSA) is 3.24 Å². The van der Waals surface area contributed by atoms with Gasteiger partial charge in [0, 0.05) is 39.8 Å². The van der Waals surface area contributed by atoms with Crippen LogP contribution in [0.4, 0.5) is 4.39 Å². The standard InChI is InChI=1S/C14H13FN.Y/c1-10-8-9-14(16(3)11(10)2)12-6-4-5-7-13(12)15;/h4-8H,2H2,1,3H3;/q-1;. The zero-order valence-corrected chi connectivity index (χ0v) is 12.8. The molecule has 0 saturated carbocycles. The fourth-order valence-electron chi connectivity index (χ4n) is 1.67. The Labute approximate surface area is 127 Å². The number of likely N-dealkylation sites (N-methyl/N-ethyl adjacent to an activating group) is 1. The molecule has 0 aliphatic carbocycles. The summed E-state index contributed by atoms with van der Waals surface area (Å²) in [6, 6.07) is 6.69. The third kappa shape index (κ3) is 2.75. The van der Waals surface area contributed by atoms with Gasteiger partial charge in [0.15, 0.2) is 0 Å². The van der Waals surface area contributed by atoms with E-state index in [-0.39, 0.29) is 38.5 Å². The summed E-state index contributed by atoms with van der Waals surface area (Å²) < 4.78 is 13.6. The Kier molecular flexibility index (Phi) is 4.84. The summed E-state index contributed by atoms with van der Waals surface area (Å²) >= 11 is 0. The Morgan fingerprint density at radius 3 is 2.59 bits per heavy atom. The fourth-order valence-corrected chi connectivity index (χ4v) is 1.67. The van der Waals surface area contributed by atoms with Crippen molar-refractivity contribution < 1.29 is 37.1 Å². The van der Waals surface area contributed by atoms with Crippen LogP contribution in [0.25, 0.3) is 5.70 Å². The maximum atomic E-state index is 13.6. The van der Waals surface area contributed by atoms with Crippen molar-refractivity contribution in [3.05, 3.63) is 65.6 Å². The number of rotatable bonds is 1. The molecule has 3 heteroatoms. The Morgan fingerprint density at radius 2 is 1.94 bits per heavy atom. The normalized spacial score (nSPS) is 15.0.